The van der Waals surface area contributed by atoms with E-state index in [1.165, 1.54) is 4.88 Å². The smallest absolute Gasteiger partial charge is 0.152 e. The van der Waals surface area contributed by atoms with Gasteiger partial charge in [0, 0.05) is 27.3 Å². The Kier molecular flexibility index (Phi) is 4.43. The average Bonchev–Trinajstić information content (AvgIpc) is 2.74. The van der Waals surface area contributed by atoms with Crippen molar-refractivity contribution in [3.63, 3.8) is 0 Å². The summed E-state index contributed by atoms with van der Waals surface area (Å²) in [5.41, 5.74) is 1.39. The lowest BCUT2D eigenvalue weighted by molar-refractivity contribution is 0.112. The van der Waals surface area contributed by atoms with Crippen LogP contribution in [0.15, 0.2) is 34.1 Å². The molecule has 94 valence electrons. The fourth-order valence-electron chi connectivity index (χ4n) is 1.78. The minimum atomic E-state index is 0.595. The molecule has 2 aromatic rings. The molecule has 0 amide bonds. The Morgan fingerprint density at radius 1 is 1.50 bits per heavy atom. The molecule has 2 nitrogen and oxygen atoms in total. The molecule has 0 N–H and O–H groups in total. The van der Waals surface area contributed by atoms with E-state index in [4.69, 9.17) is 11.6 Å². The zero-order chi connectivity index (χ0) is 13.1. The van der Waals surface area contributed by atoms with Crippen LogP contribution in [-0.4, -0.2) is 13.3 Å². The fraction of sp³-hybridized carbons (Fsp3) is 0.154. The van der Waals surface area contributed by atoms with Crippen molar-refractivity contribution in [3.05, 3.63) is 49.6 Å². The fourth-order valence-corrected chi connectivity index (χ4v) is 3.61. The van der Waals surface area contributed by atoms with Gasteiger partial charge in [-0.3, -0.25) is 4.79 Å². The Morgan fingerprint density at radius 2 is 2.28 bits per heavy atom. The Hall–Kier alpha value is -0.840. The van der Waals surface area contributed by atoms with Crippen LogP contribution in [0.4, 0.5) is 5.69 Å². The van der Waals surface area contributed by atoms with E-state index in [0.717, 1.165) is 23.0 Å². The first-order chi connectivity index (χ1) is 8.61. The number of rotatable bonds is 4. The molecule has 1 aromatic carbocycles. The summed E-state index contributed by atoms with van der Waals surface area (Å²) in [4.78, 5) is 14.3. The van der Waals surface area contributed by atoms with Crippen molar-refractivity contribution < 1.29 is 4.79 Å². The minimum absolute atomic E-state index is 0.595. The van der Waals surface area contributed by atoms with Gasteiger partial charge in [0.2, 0.25) is 0 Å². The van der Waals surface area contributed by atoms with Crippen LogP contribution in [0.3, 0.4) is 0 Å². The van der Waals surface area contributed by atoms with Crippen molar-refractivity contribution in [3.8, 4) is 0 Å². The van der Waals surface area contributed by atoms with E-state index < -0.39 is 0 Å². The maximum Gasteiger partial charge on any atom is 0.152 e. The number of hydrogen-bond donors (Lipinski definition) is 0. The van der Waals surface area contributed by atoms with Crippen molar-refractivity contribution >= 4 is 50.8 Å². The molecule has 0 aliphatic heterocycles. The van der Waals surface area contributed by atoms with E-state index >= 15 is 0 Å². The first kappa shape index (κ1) is 13.6. The number of halogens is 2. The molecular formula is C13H11BrClNOS. The highest BCUT2D eigenvalue weighted by Gasteiger charge is 2.12. The van der Waals surface area contributed by atoms with Gasteiger partial charge >= 0.3 is 0 Å². The van der Waals surface area contributed by atoms with Crippen molar-refractivity contribution in [2.75, 3.05) is 11.9 Å². The SMILES string of the molecule is CN(Cc1cc(Br)cs1)c1c(Cl)cccc1C=O. The Bertz CT molecular complexity index is 570. The highest BCUT2D eigenvalue weighted by molar-refractivity contribution is 9.10. The van der Waals surface area contributed by atoms with Crippen molar-refractivity contribution in [1.29, 1.82) is 0 Å². The second kappa shape index (κ2) is 5.87. The lowest BCUT2D eigenvalue weighted by Gasteiger charge is -2.21. The average molecular weight is 345 g/mol. The number of carbonyl (C=O) groups excluding carboxylic acids is 1. The molecule has 0 aliphatic rings. The standard InChI is InChI=1S/C13H11BrClNOS/c1-16(6-11-5-10(14)8-18-11)13-9(7-17)3-2-4-12(13)15/h2-5,7-8H,6H2,1H3. The molecule has 0 unspecified atom stereocenters. The van der Waals surface area contributed by atoms with Crippen LogP contribution < -0.4 is 4.90 Å². The van der Waals surface area contributed by atoms with Crippen LogP contribution >= 0.6 is 38.9 Å². The zero-order valence-corrected chi connectivity index (χ0v) is 12.8. The third-order valence-electron chi connectivity index (χ3n) is 2.54. The summed E-state index contributed by atoms with van der Waals surface area (Å²) in [5.74, 6) is 0. The molecule has 0 saturated heterocycles. The number of hydrogen-bond acceptors (Lipinski definition) is 3. The first-order valence-corrected chi connectivity index (χ1v) is 7.34. The lowest BCUT2D eigenvalue weighted by Crippen LogP contribution is -2.17. The quantitative estimate of drug-likeness (QED) is 0.755. The van der Waals surface area contributed by atoms with Gasteiger partial charge in [0.25, 0.3) is 0 Å². The van der Waals surface area contributed by atoms with Crippen LogP contribution in [-0.2, 0) is 6.54 Å². The third-order valence-corrected chi connectivity index (χ3v) is 4.53. The molecule has 5 heteroatoms. The Balaban J connectivity index is 2.28. The van der Waals surface area contributed by atoms with E-state index in [1.54, 1.807) is 29.5 Å². The van der Waals surface area contributed by atoms with Gasteiger partial charge in [0.1, 0.15) is 0 Å². The molecule has 0 radical (unpaired) electrons. The Morgan fingerprint density at radius 3 is 2.89 bits per heavy atom. The van der Waals surface area contributed by atoms with Crippen LogP contribution in [0.5, 0.6) is 0 Å². The molecule has 1 heterocycles. The van der Waals surface area contributed by atoms with E-state index in [9.17, 15) is 4.79 Å². The zero-order valence-electron chi connectivity index (χ0n) is 9.69. The van der Waals surface area contributed by atoms with Gasteiger partial charge in [0.15, 0.2) is 6.29 Å². The largest absolute Gasteiger partial charge is 0.368 e. The molecular weight excluding hydrogens is 334 g/mol. The number of anilines is 1. The lowest BCUT2D eigenvalue weighted by atomic mass is 10.2. The predicted molar refractivity (Wildman–Crippen MR) is 81.0 cm³/mol. The van der Waals surface area contributed by atoms with E-state index in [-0.39, 0.29) is 0 Å². The summed E-state index contributed by atoms with van der Waals surface area (Å²) in [6.45, 7) is 0.723. The molecule has 0 spiro atoms. The van der Waals surface area contributed by atoms with Gasteiger partial charge in [-0.25, -0.2) is 0 Å². The van der Waals surface area contributed by atoms with E-state index in [0.29, 0.717) is 10.6 Å². The van der Waals surface area contributed by atoms with Crippen LogP contribution in [0.25, 0.3) is 0 Å². The molecule has 0 atom stereocenters. The van der Waals surface area contributed by atoms with E-state index in [1.807, 2.05) is 17.3 Å². The van der Waals surface area contributed by atoms with Gasteiger partial charge in [-0.2, -0.15) is 0 Å². The maximum absolute atomic E-state index is 11.1. The second-order valence-corrected chi connectivity index (χ2v) is 6.20. The van der Waals surface area contributed by atoms with Crippen molar-refractivity contribution in [1.82, 2.24) is 0 Å². The summed E-state index contributed by atoms with van der Waals surface area (Å²) < 4.78 is 1.07. The minimum Gasteiger partial charge on any atom is -0.368 e. The number of aldehydes is 1. The van der Waals surface area contributed by atoms with Gasteiger partial charge < -0.3 is 4.90 Å². The summed E-state index contributed by atoms with van der Waals surface area (Å²) in [6.07, 6.45) is 0.835. The van der Waals surface area contributed by atoms with Crippen LogP contribution in [0.2, 0.25) is 5.02 Å². The van der Waals surface area contributed by atoms with Crippen LogP contribution in [0, 0.1) is 0 Å². The molecule has 0 saturated carbocycles. The second-order valence-electron chi connectivity index (χ2n) is 3.88. The van der Waals surface area contributed by atoms with Crippen molar-refractivity contribution in [2.24, 2.45) is 0 Å². The normalized spacial score (nSPS) is 10.4. The van der Waals surface area contributed by atoms with Gasteiger partial charge in [-0.15, -0.1) is 11.3 Å². The Labute approximate surface area is 123 Å². The van der Waals surface area contributed by atoms with Gasteiger partial charge in [0.05, 0.1) is 17.3 Å². The summed E-state index contributed by atoms with van der Waals surface area (Å²) in [6, 6.07) is 7.42. The highest BCUT2D eigenvalue weighted by Crippen LogP contribution is 2.30. The van der Waals surface area contributed by atoms with Gasteiger partial charge in [-0.1, -0.05) is 17.7 Å². The summed E-state index contributed by atoms with van der Waals surface area (Å²) in [7, 11) is 1.93. The number of benzene rings is 1. The highest BCUT2D eigenvalue weighted by atomic mass is 79.9. The number of nitrogens with zero attached hydrogens (tertiary/aromatic N) is 1. The molecule has 18 heavy (non-hydrogen) atoms. The van der Waals surface area contributed by atoms with Crippen LogP contribution in [0.1, 0.15) is 15.2 Å². The molecule has 1 aromatic heterocycles. The molecule has 0 bridgehead atoms. The monoisotopic (exact) mass is 343 g/mol. The number of thiophene rings is 1. The van der Waals surface area contributed by atoms with Gasteiger partial charge in [-0.05, 0) is 34.1 Å². The van der Waals surface area contributed by atoms with E-state index in [2.05, 4.69) is 22.0 Å². The molecule has 0 aliphatic carbocycles. The first-order valence-electron chi connectivity index (χ1n) is 5.29. The molecule has 2 rings (SSSR count). The number of carbonyl (C=O) groups is 1. The topological polar surface area (TPSA) is 20.3 Å². The summed E-state index contributed by atoms with van der Waals surface area (Å²) >= 11 is 11.3. The third kappa shape index (κ3) is 2.94. The number of para-hydroxylation sites is 1. The predicted octanol–water partition coefficient (Wildman–Crippen LogP) is 4.61. The summed E-state index contributed by atoms with van der Waals surface area (Å²) in [5, 5.41) is 2.63. The van der Waals surface area contributed by atoms with Crippen molar-refractivity contribution in [2.45, 2.75) is 6.54 Å². The maximum atomic E-state index is 11.1. The molecule has 0 fully saturated rings.